The van der Waals surface area contributed by atoms with Crippen molar-refractivity contribution in [3.63, 3.8) is 0 Å². The van der Waals surface area contributed by atoms with E-state index < -0.39 is 24.0 Å². The van der Waals surface area contributed by atoms with Gasteiger partial charge in [0.15, 0.2) is 0 Å². The number of aromatic nitrogens is 2. The summed E-state index contributed by atoms with van der Waals surface area (Å²) in [6, 6.07) is 6.55. The topological polar surface area (TPSA) is 111 Å². The van der Waals surface area contributed by atoms with Gasteiger partial charge >= 0.3 is 11.9 Å². The zero-order valence-corrected chi connectivity index (χ0v) is 16.0. The average molecular weight is 398 g/mol. The fourth-order valence-electron chi connectivity index (χ4n) is 3.27. The summed E-state index contributed by atoms with van der Waals surface area (Å²) in [5.74, 6) is -1.97. The summed E-state index contributed by atoms with van der Waals surface area (Å²) in [7, 11) is 0. The highest BCUT2D eigenvalue weighted by molar-refractivity contribution is 5.93. The summed E-state index contributed by atoms with van der Waals surface area (Å²) in [5.41, 5.74) is 0.926. The summed E-state index contributed by atoms with van der Waals surface area (Å²) < 4.78 is 5.53. The number of carbonyl (C=O) groups excluding carboxylic acids is 3. The first-order chi connectivity index (χ1) is 13.9. The van der Waals surface area contributed by atoms with Gasteiger partial charge in [0.2, 0.25) is 5.91 Å². The standard InChI is InChI=1S/C20H22N4O5/c1-14(25)29-19(27)13-24-12-16(6-7-18(24)26)22-20(28)15-4-3-9-23(11-15)17-5-2-8-21-10-17/h2,5-8,10,12,15H,3-4,9,11,13H2,1H3,(H,22,28). The fraction of sp³-hybridized carbons (Fsp3) is 0.350. The number of rotatable bonds is 5. The van der Waals surface area contributed by atoms with Gasteiger partial charge in [0.1, 0.15) is 6.54 Å². The van der Waals surface area contributed by atoms with Crippen LogP contribution in [0.2, 0.25) is 0 Å². The maximum Gasteiger partial charge on any atom is 0.333 e. The maximum atomic E-state index is 12.7. The van der Waals surface area contributed by atoms with Crippen molar-refractivity contribution in [1.29, 1.82) is 0 Å². The normalized spacial score (nSPS) is 16.2. The van der Waals surface area contributed by atoms with Crippen LogP contribution in [-0.2, 0) is 25.7 Å². The van der Waals surface area contributed by atoms with E-state index in [0.29, 0.717) is 12.2 Å². The number of nitrogens with one attached hydrogen (secondary N) is 1. The molecule has 0 bridgehead atoms. The molecule has 2 aromatic rings. The van der Waals surface area contributed by atoms with Crippen molar-refractivity contribution in [3.8, 4) is 0 Å². The van der Waals surface area contributed by atoms with Gasteiger partial charge < -0.3 is 19.5 Å². The van der Waals surface area contributed by atoms with Crippen molar-refractivity contribution in [2.24, 2.45) is 5.92 Å². The minimum Gasteiger partial charge on any atom is -0.392 e. The summed E-state index contributed by atoms with van der Waals surface area (Å²) >= 11 is 0. The van der Waals surface area contributed by atoms with Gasteiger partial charge in [-0.25, -0.2) is 4.79 Å². The Labute approximate surface area is 167 Å². The number of ether oxygens (including phenoxy) is 1. The van der Waals surface area contributed by atoms with Crippen LogP contribution in [0.4, 0.5) is 11.4 Å². The molecule has 1 unspecified atom stereocenters. The molecule has 2 aromatic heterocycles. The Morgan fingerprint density at radius 3 is 2.83 bits per heavy atom. The molecule has 0 aliphatic carbocycles. The molecule has 9 nitrogen and oxygen atoms in total. The first kappa shape index (κ1) is 20.2. The number of esters is 2. The Morgan fingerprint density at radius 1 is 1.28 bits per heavy atom. The number of nitrogens with zero attached hydrogens (tertiary/aromatic N) is 3. The highest BCUT2D eigenvalue weighted by Gasteiger charge is 2.26. The number of carbonyl (C=O) groups is 3. The first-order valence-corrected chi connectivity index (χ1v) is 9.30. The lowest BCUT2D eigenvalue weighted by atomic mass is 9.96. The van der Waals surface area contributed by atoms with Crippen molar-refractivity contribution in [3.05, 3.63) is 53.2 Å². The van der Waals surface area contributed by atoms with Crippen LogP contribution in [0.25, 0.3) is 0 Å². The van der Waals surface area contributed by atoms with Crippen LogP contribution < -0.4 is 15.8 Å². The molecule has 0 spiro atoms. The second-order valence-corrected chi connectivity index (χ2v) is 6.84. The SMILES string of the molecule is CC(=O)OC(=O)Cn1cc(NC(=O)C2CCCN(c3cccnc3)C2)ccc1=O. The molecule has 1 aliphatic rings. The van der Waals surface area contributed by atoms with Crippen LogP contribution in [-0.4, -0.2) is 40.5 Å². The molecule has 152 valence electrons. The number of hydrogen-bond acceptors (Lipinski definition) is 7. The Bertz CT molecular complexity index is 957. The van der Waals surface area contributed by atoms with Gasteiger partial charge in [-0.1, -0.05) is 0 Å². The van der Waals surface area contributed by atoms with Gasteiger partial charge in [-0.05, 0) is 31.0 Å². The van der Waals surface area contributed by atoms with Crippen molar-refractivity contribution in [2.75, 3.05) is 23.3 Å². The summed E-state index contributed by atoms with van der Waals surface area (Å²) in [6.07, 6.45) is 6.48. The third-order valence-electron chi connectivity index (χ3n) is 4.61. The number of hydrogen-bond donors (Lipinski definition) is 1. The summed E-state index contributed by atoms with van der Waals surface area (Å²) in [4.78, 5) is 53.4. The molecule has 3 heterocycles. The Balaban J connectivity index is 1.65. The predicted octanol–water partition coefficient (Wildman–Crippen LogP) is 1.19. The zero-order valence-electron chi connectivity index (χ0n) is 16.0. The predicted molar refractivity (Wildman–Crippen MR) is 105 cm³/mol. The second kappa shape index (κ2) is 9.13. The summed E-state index contributed by atoms with van der Waals surface area (Å²) in [5, 5.41) is 2.81. The lowest BCUT2D eigenvalue weighted by molar-refractivity contribution is -0.158. The van der Waals surface area contributed by atoms with Crippen LogP contribution in [0, 0.1) is 5.92 Å². The minimum atomic E-state index is -0.845. The van der Waals surface area contributed by atoms with Gasteiger partial charge in [0, 0.05) is 38.5 Å². The number of pyridine rings is 2. The molecular formula is C20H22N4O5. The van der Waals surface area contributed by atoms with Crippen LogP contribution >= 0.6 is 0 Å². The molecule has 1 fully saturated rings. The third kappa shape index (κ3) is 5.50. The molecule has 1 atom stereocenters. The highest BCUT2D eigenvalue weighted by atomic mass is 16.6. The maximum absolute atomic E-state index is 12.7. The Morgan fingerprint density at radius 2 is 2.10 bits per heavy atom. The molecule has 29 heavy (non-hydrogen) atoms. The van der Waals surface area contributed by atoms with E-state index in [9.17, 15) is 19.2 Å². The van der Waals surface area contributed by atoms with Crippen molar-refractivity contribution in [1.82, 2.24) is 9.55 Å². The van der Waals surface area contributed by atoms with Crippen LogP contribution in [0.15, 0.2) is 47.7 Å². The minimum absolute atomic E-state index is 0.157. The van der Waals surface area contributed by atoms with E-state index in [2.05, 4.69) is 19.9 Å². The quantitative estimate of drug-likeness (QED) is 0.595. The van der Waals surface area contributed by atoms with Crippen LogP contribution in [0.3, 0.4) is 0 Å². The number of anilines is 2. The second-order valence-electron chi connectivity index (χ2n) is 6.84. The Kier molecular flexibility index (Phi) is 6.38. The first-order valence-electron chi connectivity index (χ1n) is 9.30. The molecule has 3 rings (SSSR count). The zero-order chi connectivity index (χ0) is 20.8. The molecule has 0 saturated carbocycles. The summed E-state index contributed by atoms with van der Waals surface area (Å²) in [6.45, 7) is 2.12. The van der Waals surface area contributed by atoms with E-state index in [0.717, 1.165) is 36.6 Å². The number of piperidine rings is 1. The molecule has 0 aromatic carbocycles. The lowest BCUT2D eigenvalue weighted by Crippen LogP contribution is -2.41. The average Bonchev–Trinajstić information content (AvgIpc) is 2.70. The van der Waals surface area contributed by atoms with Crippen LogP contribution in [0.5, 0.6) is 0 Å². The largest absolute Gasteiger partial charge is 0.392 e. The molecule has 1 aliphatic heterocycles. The van der Waals surface area contributed by atoms with Crippen molar-refractivity contribution in [2.45, 2.75) is 26.3 Å². The highest BCUT2D eigenvalue weighted by Crippen LogP contribution is 2.23. The molecule has 1 N–H and O–H groups in total. The van der Waals surface area contributed by atoms with E-state index in [1.54, 1.807) is 12.4 Å². The van der Waals surface area contributed by atoms with Gasteiger partial charge in [-0.15, -0.1) is 0 Å². The van der Waals surface area contributed by atoms with Gasteiger partial charge in [-0.3, -0.25) is 19.4 Å². The van der Waals surface area contributed by atoms with E-state index in [-0.39, 0.29) is 11.8 Å². The molecule has 0 radical (unpaired) electrons. The van der Waals surface area contributed by atoms with E-state index in [1.165, 1.54) is 18.3 Å². The van der Waals surface area contributed by atoms with Crippen molar-refractivity contribution >= 4 is 29.2 Å². The Hall–Kier alpha value is -3.49. The van der Waals surface area contributed by atoms with Gasteiger partial charge in [0.25, 0.3) is 5.56 Å². The monoisotopic (exact) mass is 398 g/mol. The number of amides is 1. The van der Waals surface area contributed by atoms with E-state index in [1.807, 2.05) is 12.1 Å². The van der Waals surface area contributed by atoms with Gasteiger partial charge in [0.05, 0.1) is 23.5 Å². The molecule has 1 amide bonds. The van der Waals surface area contributed by atoms with Crippen molar-refractivity contribution < 1.29 is 19.1 Å². The van der Waals surface area contributed by atoms with E-state index >= 15 is 0 Å². The lowest BCUT2D eigenvalue weighted by Gasteiger charge is -2.33. The molecule has 1 saturated heterocycles. The molecular weight excluding hydrogens is 376 g/mol. The molecule has 9 heteroatoms. The smallest absolute Gasteiger partial charge is 0.333 e. The fourth-order valence-corrected chi connectivity index (χ4v) is 3.27. The third-order valence-corrected chi connectivity index (χ3v) is 4.61. The van der Waals surface area contributed by atoms with E-state index in [4.69, 9.17) is 0 Å². The van der Waals surface area contributed by atoms with Gasteiger partial charge in [-0.2, -0.15) is 0 Å². The van der Waals surface area contributed by atoms with Crippen LogP contribution in [0.1, 0.15) is 19.8 Å².